The van der Waals surface area contributed by atoms with Crippen LogP contribution in [0.5, 0.6) is 0 Å². The molecule has 0 unspecified atom stereocenters. The summed E-state index contributed by atoms with van der Waals surface area (Å²) in [6.45, 7) is 3.65. The van der Waals surface area contributed by atoms with Crippen LogP contribution in [-0.4, -0.2) is 44.3 Å². The molecule has 7 nitrogen and oxygen atoms in total. The summed E-state index contributed by atoms with van der Waals surface area (Å²) >= 11 is 11.8. The lowest BCUT2D eigenvalue weighted by Crippen LogP contribution is -2.30. The Morgan fingerprint density at radius 1 is 1.07 bits per heavy atom. The summed E-state index contributed by atoms with van der Waals surface area (Å²) in [4.78, 5) is 24.1. The number of esters is 1. The van der Waals surface area contributed by atoms with E-state index in [1.807, 2.05) is 0 Å². The SMILES string of the molecule is CCN(CC)S(=O)(=O)c1cccc(NC(=O)COC(=O)Cc2ccc(Cl)cc2Cl)c1. The largest absolute Gasteiger partial charge is 0.455 e. The van der Waals surface area contributed by atoms with Crippen LogP contribution in [0.1, 0.15) is 19.4 Å². The number of carbonyl (C=O) groups is 2. The highest BCUT2D eigenvalue weighted by molar-refractivity contribution is 7.89. The zero-order valence-electron chi connectivity index (χ0n) is 16.5. The van der Waals surface area contributed by atoms with E-state index in [9.17, 15) is 18.0 Å². The molecule has 162 valence electrons. The maximum Gasteiger partial charge on any atom is 0.310 e. The van der Waals surface area contributed by atoms with Crippen molar-refractivity contribution < 1.29 is 22.7 Å². The first-order chi connectivity index (χ1) is 14.2. The minimum atomic E-state index is -3.65. The lowest BCUT2D eigenvalue weighted by atomic mass is 10.1. The van der Waals surface area contributed by atoms with Gasteiger partial charge in [-0.15, -0.1) is 0 Å². The molecule has 0 spiro atoms. The number of ether oxygens (including phenoxy) is 1. The van der Waals surface area contributed by atoms with Crippen molar-refractivity contribution in [2.24, 2.45) is 0 Å². The van der Waals surface area contributed by atoms with Crippen LogP contribution < -0.4 is 5.32 Å². The lowest BCUT2D eigenvalue weighted by molar-refractivity contribution is -0.146. The van der Waals surface area contributed by atoms with Crippen LogP contribution in [0.25, 0.3) is 0 Å². The number of halogens is 2. The highest BCUT2D eigenvalue weighted by Gasteiger charge is 2.22. The zero-order valence-corrected chi connectivity index (χ0v) is 18.9. The lowest BCUT2D eigenvalue weighted by Gasteiger charge is -2.18. The smallest absolute Gasteiger partial charge is 0.310 e. The second-order valence-electron chi connectivity index (χ2n) is 6.24. The third-order valence-electron chi connectivity index (χ3n) is 4.18. The first kappa shape index (κ1) is 24.1. The number of amides is 1. The molecule has 0 saturated carbocycles. The molecule has 0 aliphatic rings. The Balaban J connectivity index is 1.96. The maximum atomic E-state index is 12.6. The average Bonchev–Trinajstić information content (AvgIpc) is 2.69. The molecule has 0 aromatic heterocycles. The number of benzene rings is 2. The number of nitrogens with zero attached hydrogens (tertiary/aromatic N) is 1. The van der Waals surface area contributed by atoms with Gasteiger partial charge in [-0.3, -0.25) is 9.59 Å². The second-order valence-corrected chi connectivity index (χ2v) is 9.02. The standard InChI is InChI=1S/C20H22Cl2N2O5S/c1-3-24(4-2)30(27,28)17-7-5-6-16(12-17)23-19(25)13-29-20(26)10-14-8-9-15(21)11-18(14)22/h5-9,11-12H,3-4,10,13H2,1-2H3,(H,23,25). The van der Waals surface area contributed by atoms with Crippen molar-refractivity contribution in [3.8, 4) is 0 Å². The predicted molar refractivity (Wildman–Crippen MR) is 116 cm³/mol. The third-order valence-corrected chi connectivity index (χ3v) is 6.81. The quantitative estimate of drug-likeness (QED) is 0.560. The van der Waals surface area contributed by atoms with Crippen molar-refractivity contribution in [2.75, 3.05) is 25.0 Å². The normalized spacial score (nSPS) is 11.4. The number of hydrogen-bond donors (Lipinski definition) is 1. The number of carbonyl (C=O) groups excluding carboxylic acids is 2. The summed E-state index contributed by atoms with van der Waals surface area (Å²) in [5.41, 5.74) is 0.811. The third kappa shape index (κ3) is 6.43. The van der Waals surface area contributed by atoms with Gasteiger partial charge in [0.1, 0.15) is 0 Å². The maximum absolute atomic E-state index is 12.6. The molecular formula is C20H22Cl2N2O5S. The monoisotopic (exact) mass is 472 g/mol. The van der Waals surface area contributed by atoms with Crippen LogP contribution >= 0.6 is 23.2 Å². The molecule has 10 heteroatoms. The number of anilines is 1. The Kier molecular flexibility index (Phi) is 8.66. The first-order valence-corrected chi connectivity index (χ1v) is 11.4. The van der Waals surface area contributed by atoms with Crippen molar-refractivity contribution in [1.29, 1.82) is 0 Å². The van der Waals surface area contributed by atoms with Gasteiger partial charge < -0.3 is 10.1 Å². The molecule has 2 rings (SSSR count). The minimum absolute atomic E-state index is 0.0679. The van der Waals surface area contributed by atoms with Crippen LogP contribution in [0, 0.1) is 0 Å². The minimum Gasteiger partial charge on any atom is -0.455 e. The predicted octanol–water partition coefficient (Wildman–Crippen LogP) is 3.75. The molecule has 30 heavy (non-hydrogen) atoms. The van der Waals surface area contributed by atoms with Crippen molar-refractivity contribution in [1.82, 2.24) is 4.31 Å². The summed E-state index contributed by atoms with van der Waals surface area (Å²) in [5, 5.41) is 3.30. The Morgan fingerprint density at radius 3 is 2.40 bits per heavy atom. The van der Waals surface area contributed by atoms with Crippen molar-refractivity contribution >= 4 is 50.8 Å². The number of sulfonamides is 1. The van der Waals surface area contributed by atoms with E-state index in [0.717, 1.165) is 0 Å². The first-order valence-electron chi connectivity index (χ1n) is 9.17. The van der Waals surface area contributed by atoms with E-state index in [1.54, 1.807) is 32.0 Å². The number of hydrogen-bond acceptors (Lipinski definition) is 5. The molecule has 0 aliphatic carbocycles. The van der Waals surface area contributed by atoms with E-state index in [4.69, 9.17) is 27.9 Å². The van der Waals surface area contributed by atoms with E-state index in [0.29, 0.717) is 28.7 Å². The van der Waals surface area contributed by atoms with Gasteiger partial charge >= 0.3 is 5.97 Å². The van der Waals surface area contributed by atoms with E-state index in [2.05, 4.69) is 5.32 Å². The van der Waals surface area contributed by atoms with E-state index in [-0.39, 0.29) is 17.0 Å². The van der Waals surface area contributed by atoms with Gasteiger partial charge in [0.05, 0.1) is 11.3 Å². The van der Waals surface area contributed by atoms with Crippen molar-refractivity contribution in [3.05, 3.63) is 58.1 Å². The molecule has 0 aliphatic heterocycles. The van der Waals surface area contributed by atoms with Gasteiger partial charge in [0.15, 0.2) is 6.61 Å². The molecule has 0 heterocycles. The summed E-state index contributed by atoms with van der Waals surface area (Å²) in [6, 6.07) is 10.6. The average molecular weight is 473 g/mol. The summed E-state index contributed by atoms with van der Waals surface area (Å²) < 4.78 is 31.5. The number of nitrogens with one attached hydrogen (secondary N) is 1. The van der Waals surface area contributed by atoms with Crippen molar-refractivity contribution in [3.63, 3.8) is 0 Å². The molecule has 0 saturated heterocycles. The second kappa shape index (κ2) is 10.8. The van der Waals surface area contributed by atoms with Gasteiger partial charge in [0, 0.05) is 28.8 Å². The van der Waals surface area contributed by atoms with Crippen LogP contribution in [0.4, 0.5) is 5.69 Å². The number of rotatable bonds is 9. The molecule has 2 aromatic rings. The van der Waals surface area contributed by atoms with Crippen LogP contribution in [-0.2, 0) is 30.8 Å². The highest BCUT2D eigenvalue weighted by Crippen LogP contribution is 2.22. The topological polar surface area (TPSA) is 92.8 Å². The van der Waals surface area contributed by atoms with Gasteiger partial charge in [-0.25, -0.2) is 8.42 Å². The molecule has 1 amide bonds. The van der Waals surface area contributed by atoms with Gasteiger partial charge in [0.25, 0.3) is 5.91 Å². The molecule has 1 N–H and O–H groups in total. The Hall–Kier alpha value is -2.13. The van der Waals surface area contributed by atoms with Gasteiger partial charge in [-0.05, 0) is 35.9 Å². The van der Waals surface area contributed by atoms with Crippen molar-refractivity contribution in [2.45, 2.75) is 25.2 Å². The molecule has 0 fully saturated rings. The fraction of sp³-hybridized carbons (Fsp3) is 0.300. The molecule has 0 bridgehead atoms. The Morgan fingerprint density at radius 2 is 1.77 bits per heavy atom. The van der Waals surface area contributed by atoms with E-state index >= 15 is 0 Å². The van der Waals surface area contributed by atoms with E-state index < -0.39 is 28.5 Å². The fourth-order valence-corrected chi connectivity index (χ4v) is 4.64. The van der Waals surface area contributed by atoms with Gasteiger partial charge in [-0.2, -0.15) is 4.31 Å². The van der Waals surface area contributed by atoms with Gasteiger partial charge in [0.2, 0.25) is 10.0 Å². The summed E-state index contributed by atoms with van der Waals surface area (Å²) in [6.07, 6.45) is -0.110. The zero-order chi connectivity index (χ0) is 22.3. The van der Waals surface area contributed by atoms with E-state index in [1.165, 1.54) is 28.6 Å². The molecule has 2 aromatic carbocycles. The van der Waals surface area contributed by atoms with Crippen LogP contribution in [0.2, 0.25) is 10.0 Å². The van der Waals surface area contributed by atoms with Gasteiger partial charge in [-0.1, -0.05) is 49.2 Å². The van der Waals surface area contributed by atoms with Crippen LogP contribution in [0.3, 0.4) is 0 Å². The molecule has 0 radical (unpaired) electrons. The fourth-order valence-electron chi connectivity index (χ4n) is 2.66. The summed E-state index contributed by atoms with van der Waals surface area (Å²) in [7, 11) is -3.65. The Labute approximate surface area is 186 Å². The van der Waals surface area contributed by atoms with Crippen LogP contribution in [0.15, 0.2) is 47.4 Å². The molecule has 0 atom stereocenters. The summed E-state index contributed by atoms with van der Waals surface area (Å²) in [5.74, 6) is -1.23. The Bertz CT molecular complexity index is 1020. The highest BCUT2D eigenvalue weighted by atomic mass is 35.5. The molecular weight excluding hydrogens is 451 g/mol.